The van der Waals surface area contributed by atoms with E-state index in [0.717, 1.165) is 38.9 Å². The van der Waals surface area contributed by atoms with Crippen LogP contribution in [0.3, 0.4) is 0 Å². The smallest absolute Gasteiger partial charge is 0.252 e. The number of primary amides is 1. The van der Waals surface area contributed by atoms with Gasteiger partial charge >= 0.3 is 0 Å². The van der Waals surface area contributed by atoms with Crippen LogP contribution in [0.25, 0.3) is 0 Å². The molecule has 6 nitrogen and oxygen atoms in total. The summed E-state index contributed by atoms with van der Waals surface area (Å²) in [7, 11) is 0. The number of hydrogen-bond donors (Lipinski definition) is 2. The predicted molar refractivity (Wildman–Crippen MR) is 90.2 cm³/mol. The lowest BCUT2D eigenvalue weighted by molar-refractivity contribution is -0.124. The highest BCUT2D eigenvalue weighted by Gasteiger charge is 2.23. The second kappa shape index (κ2) is 7.94. The van der Waals surface area contributed by atoms with Gasteiger partial charge in [0.15, 0.2) is 0 Å². The zero-order chi connectivity index (χ0) is 16.8. The van der Waals surface area contributed by atoms with E-state index >= 15 is 0 Å². The molecule has 1 atom stereocenters. The van der Waals surface area contributed by atoms with Gasteiger partial charge in [-0.1, -0.05) is 13.8 Å². The highest BCUT2D eigenvalue weighted by atomic mass is 16.2. The molecule has 0 saturated carbocycles. The van der Waals surface area contributed by atoms with Gasteiger partial charge in [-0.05, 0) is 37.3 Å². The average molecular weight is 318 g/mol. The van der Waals surface area contributed by atoms with Crippen molar-refractivity contribution < 1.29 is 9.59 Å². The van der Waals surface area contributed by atoms with Crippen LogP contribution in [0.5, 0.6) is 0 Å². The maximum Gasteiger partial charge on any atom is 0.252 e. The number of nitrogens with two attached hydrogens (primary N) is 1. The first-order chi connectivity index (χ1) is 11.0. The molecule has 1 aromatic heterocycles. The summed E-state index contributed by atoms with van der Waals surface area (Å²) >= 11 is 0. The summed E-state index contributed by atoms with van der Waals surface area (Å²) in [5.41, 5.74) is 5.89. The molecule has 1 unspecified atom stereocenters. The SMILES string of the molecule is CCC(C)C(=O)NCC1CCN(c2ncccc2C(N)=O)CC1. The molecular formula is C17H26N4O2. The number of nitrogens with one attached hydrogen (secondary N) is 1. The largest absolute Gasteiger partial charge is 0.365 e. The molecule has 1 aromatic rings. The van der Waals surface area contributed by atoms with Crippen molar-refractivity contribution in [1.29, 1.82) is 0 Å². The van der Waals surface area contributed by atoms with Gasteiger partial charge in [-0.3, -0.25) is 9.59 Å². The zero-order valence-electron chi connectivity index (χ0n) is 13.9. The molecule has 0 aliphatic carbocycles. The van der Waals surface area contributed by atoms with Crippen molar-refractivity contribution in [3.8, 4) is 0 Å². The molecule has 126 valence electrons. The number of pyridine rings is 1. The maximum absolute atomic E-state index is 11.8. The van der Waals surface area contributed by atoms with Gasteiger partial charge in [0.25, 0.3) is 5.91 Å². The first-order valence-corrected chi connectivity index (χ1v) is 8.30. The molecule has 1 aliphatic rings. The van der Waals surface area contributed by atoms with Crippen molar-refractivity contribution in [1.82, 2.24) is 10.3 Å². The van der Waals surface area contributed by atoms with Crippen molar-refractivity contribution >= 4 is 17.6 Å². The van der Waals surface area contributed by atoms with Crippen LogP contribution in [0.2, 0.25) is 0 Å². The fourth-order valence-electron chi connectivity index (χ4n) is 2.79. The molecule has 2 rings (SSSR count). The second-order valence-electron chi connectivity index (χ2n) is 6.22. The van der Waals surface area contributed by atoms with Crippen molar-refractivity contribution in [3.05, 3.63) is 23.9 Å². The second-order valence-corrected chi connectivity index (χ2v) is 6.22. The fraction of sp³-hybridized carbons (Fsp3) is 0.588. The van der Waals surface area contributed by atoms with Crippen LogP contribution in [0.15, 0.2) is 18.3 Å². The number of carbonyl (C=O) groups excluding carboxylic acids is 2. The third kappa shape index (κ3) is 4.43. The van der Waals surface area contributed by atoms with E-state index in [1.54, 1.807) is 18.3 Å². The Morgan fingerprint density at radius 1 is 1.43 bits per heavy atom. The molecule has 0 aromatic carbocycles. The molecule has 1 fully saturated rings. The van der Waals surface area contributed by atoms with Gasteiger partial charge in [0.2, 0.25) is 5.91 Å². The molecule has 2 heterocycles. The Hall–Kier alpha value is -2.11. The predicted octanol–water partition coefficient (Wildman–Crippen LogP) is 1.56. The van der Waals surface area contributed by atoms with Crippen LogP contribution in [0.4, 0.5) is 5.82 Å². The molecule has 1 saturated heterocycles. The minimum absolute atomic E-state index is 0.0710. The summed E-state index contributed by atoms with van der Waals surface area (Å²) in [6.45, 7) is 6.33. The fourth-order valence-corrected chi connectivity index (χ4v) is 2.79. The minimum atomic E-state index is -0.448. The Bertz CT molecular complexity index is 553. The Kier molecular flexibility index (Phi) is 5.96. The van der Waals surface area contributed by atoms with Crippen LogP contribution in [-0.2, 0) is 4.79 Å². The van der Waals surface area contributed by atoms with E-state index in [1.807, 2.05) is 13.8 Å². The van der Waals surface area contributed by atoms with Crippen molar-refractivity contribution in [2.75, 3.05) is 24.5 Å². The van der Waals surface area contributed by atoms with E-state index in [1.165, 1.54) is 0 Å². The number of hydrogen-bond acceptors (Lipinski definition) is 4. The maximum atomic E-state index is 11.8. The summed E-state index contributed by atoms with van der Waals surface area (Å²) in [5.74, 6) is 0.899. The van der Waals surface area contributed by atoms with E-state index in [9.17, 15) is 9.59 Å². The molecule has 23 heavy (non-hydrogen) atoms. The van der Waals surface area contributed by atoms with Crippen molar-refractivity contribution in [2.45, 2.75) is 33.1 Å². The zero-order valence-corrected chi connectivity index (χ0v) is 13.9. The first-order valence-electron chi connectivity index (χ1n) is 8.30. The van der Waals surface area contributed by atoms with E-state index in [2.05, 4.69) is 15.2 Å². The Labute approximate surface area is 137 Å². The van der Waals surface area contributed by atoms with Crippen LogP contribution in [0, 0.1) is 11.8 Å². The summed E-state index contributed by atoms with van der Waals surface area (Å²) in [4.78, 5) is 29.8. The highest BCUT2D eigenvalue weighted by Crippen LogP contribution is 2.24. The van der Waals surface area contributed by atoms with Crippen LogP contribution in [0.1, 0.15) is 43.5 Å². The van der Waals surface area contributed by atoms with E-state index in [4.69, 9.17) is 5.73 Å². The number of anilines is 1. The lowest BCUT2D eigenvalue weighted by atomic mass is 9.96. The molecule has 3 N–H and O–H groups in total. The van der Waals surface area contributed by atoms with Crippen molar-refractivity contribution in [3.63, 3.8) is 0 Å². The number of nitrogens with zero attached hydrogens (tertiary/aromatic N) is 2. The van der Waals surface area contributed by atoms with E-state index in [0.29, 0.717) is 17.3 Å². The summed E-state index contributed by atoms with van der Waals surface area (Å²) in [6, 6.07) is 3.43. The van der Waals surface area contributed by atoms with Crippen LogP contribution >= 0.6 is 0 Å². The molecule has 1 aliphatic heterocycles. The van der Waals surface area contributed by atoms with Gasteiger partial charge in [0.05, 0.1) is 5.56 Å². The monoisotopic (exact) mass is 318 g/mol. The van der Waals surface area contributed by atoms with Gasteiger partial charge < -0.3 is 16.0 Å². The van der Waals surface area contributed by atoms with Gasteiger partial charge in [-0.2, -0.15) is 0 Å². The standard InChI is InChI=1S/C17H26N4O2/c1-3-12(2)17(23)20-11-13-6-9-21(10-7-13)16-14(15(18)22)5-4-8-19-16/h4-5,8,12-13H,3,6-7,9-11H2,1-2H3,(H2,18,22)(H,20,23). The third-order valence-corrected chi connectivity index (χ3v) is 4.59. The van der Waals surface area contributed by atoms with Crippen LogP contribution < -0.4 is 16.0 Å². The van der Waals surface area contributed by atoms with E-state index < -0.39 is 5.91 Å². The number of aromatic nitrogens is 1. The number of amides is 2. The normalized spacial score (nSPS) is 16.9. The highest BCUT2D eigenvalue weighted by molar-refractivity contribution is 5.97. The quantitative estimate of drug-likeness (QED) is 0.833. The summed E-state index contributed by atoms with van der Waals surface area (Å²) < 4.78 is 0. The molecule has 0 radical (unpaired) electrons. The lowest BCUT2D eigenvalue weighted by Crippen LogP contribution is -2.40. The van der Waals surface area contributed by atoms with Gasteiger partial charge in [-0.15, -0.1) is 0 Å². The Balaban J connectivity index is 1.87. The molecule has 0 bridgehead atoms. The minimum Gasteiger partial charge on any atom is -0.365 e. The van der Waals surface area contributed by atoms with E-state index in [-0.39, 0.29) is 11.8 Å². The molecule has 6 heteroatoms. The number of piperidine rings is 1. The molecule has 2 amide bonds. The van der Waals surface area contributed by atoms with Gasteiger partial charge in [0.1, 0.15) is 5.82 Å². The summed E-state index contributed by atoms with van der Waals surface area (Å²) in [5, 5.41) is 3.04. The number of rotatable bonds is 6. The molecular weight excluding hydrogens is 292 g/mol. The Morgan fingerprint density at radius 2 is 2.13 bits per heavy atom. The average Bonchev–Trinajstić information content (AvgIpc) is 2.59. The lowest BCUT2D eigenvalue weighted by Gasteiger charge is -2.33. The van der Waals surface area contributed by atoms with Gasteiger partial charge in [-0.25, -0.2) is 4.98 Å². The topological polar surface area (TPSA) is 88.3 Å². The third-order valence-electron chi connectivity index (χ3n) is 4.59. The first kappa shape index (κ1) is 17.2. The van der Waals surface area contributed by atoms with Gasteiger partial charge in [0, 0.05) is 31.7 Å². The number of carbonyl (C=O) groups is 2. The van der Waals surface area contributed by atoms with Crippen molar-refractivity contribution in [2.24, 2.45) is 17.6 Å². The summed E-state index contributed by atoms with van der Waals surface area (Å²) in [6.07, 6.45) is 4.48. The Morgan fingerprint density at radius 3 is 2.74 bits per heavy atom. The van der Waals surface area contributed by atoms with Crippen LogP contribution in [-0.4, -0.2) is 36.4 Å². The molecule has 0 spiro atoms.